The van der Waals surface area contributed by atoms with Gasteiger partial charge in [0, 0.05) is 18.0 Å². The van der Waals surface area contributed by atoms with E-state index in [0.29, 0.717) is 25.2 Å². The van der Waals surface area contributed by atoms with Crippen LogP contribution < -0.4 is 9.64 Å². The van der Waals surface area contributed by atoms with Crippen molar-refractivity contribution in [1.82, 2.24) is 4.98 Å². The number of carboxylic acid groups (broad SMARTS) is 1. The highest BCUT2D eigenvalue weighted by Gasteiger charge is 2.20. The number of aryl methyl sites for hydroxylation is 2. The largest absolute Gasteiger partial charge is 0.496 e. The van der Waals surface area contributed by atoms with Gasteiger partial charge in [-0.3, -0.25) is 9.69 Å². The van der Waals surface area contributed by atoms with Crippen molar-refractivity contribution in [2.45, 2.75) is 26.3 Å². The van der Waals surface area contributed by atoms with E-state index in [1.807, 2.05) is 61.5 Å². The molecule has 0 aliphatic heterocycles. The summed E-state index contributed by atoms with van der Waals surface area (Å²) < 4.78 is 5.39. The van der Waals surface area contributed by atoms with E-state index in [4.69, 9.17) is 4.74 Å². The fraction of sp³-hybridized carbons (Fsp3) is 0.147. The van der Waals surface area contributed by atoms with Gasteiger partial charge in [0.25, 0.3) is 0 Å². The number of ether oxygens (including phenoxy) is 1. The predicted octanol–water partition coefficient (Wildman–Crippen LogP) is 7.08. The second-order valence-electron chi connectivity index (χ2n) is 9.72. The lowest BCUT2D eigenvalue weighted by atomic mass is 10.0. The number of hydrogen-bond acceptors (Lipinski definition) is 4. The average molecular weight is 531 g/mol. The highest BCUT2D eigenvalue weighted by molar-refractivity contribution is 6.04. The van der Waals surface area contributed by atoms with Crippen LogP contribution in [0.4, 0.5) is 5.82 Å². The van der Waals surface area contributed by atoms with Gasteiger partial charge in [-0.2, -0.15) is 0 Å². The van der Waals surface area contributed by atoms with Gasteiger partial charge in [0.2, 0.25) is 5.91 Å². The van der Waals surface area contributed by atoms with E-state index < -0.39 is 5.97 Å². The summed E-state index contributed by atoms with van der Waals surface area (Å²) in [6.45, 7) is 2.36. The summed E-state index contributed by atoms with van der Waals surface area (Å²) in [5, 5.41) is 10.9. The molecule has 5 rings (SSSR count). The summed E-state index contributed by atoms with van der Waals surface area (Å²) in [5.74, 6) is 0.315. The van der Waals surface area contributed by atoms with Crippen LogP contribution in [0.15, 0.2) is 103 Å². The molecule has 0 unspecified atom stereocenters. The summed E-state index contributed by atoms with van der Waals surface area (Å²) in [4.78, 5) is 31.5. The molecule has 1 aromatic heterocycles. The minimum atomic E-state index is -0.997. The maximum absolute atomic E-state index is 13.7. The molecule has 0 radical (unpaired) electrons. The molecular formula is C34H30N2O4. The Balaban J connectivity index is 1.46. The van der Waals surface area contributed by atoms with Crippen molar-refractivity contribution in [2.75, 3.05) is 12.0 Å². The molecule has 1 N–H and O–H groups in total. The zero-order valence-corrected chi connectivity index (χ0v) is 22.5. The van der Waals surface area contributed by atoms with Gasteiger partial charge < -0.3 is 9.84 Å². The Morgan fingerprint density at radius 3 is 2.30 bits per heavy atom. The van der Waals surface area contributed by atoms with Crippen molar-refractivity contribution in [2.24, 2.45) is 0 Å². The lowest BCUT2D eigenvalue weighted by Crippen LogP contribution is -2.31. The van der Waals surface area contributed by atoms with E-state index in [0.717, 1.165) is 44.3 Å². The zero-order chi connectivity index (χ0) is 28.1. The minimum absolute atomic E-state index is 0.0546. The number of fused-ring (bicyclic) bond motifs is 1. The smallest absolute Gasteiger partial charge is 0.335 e. The van der Waals surface area contributed by atoms with Gasteiger partial charge >= 0.3 is 5.97 Å². The van der Waals surface area contributed by atoms with E-state index >= 15 is 0 Å². The number of amides is 1. The van der Waals surface area contributed by atoms with Crippen LogP contribution in [0.1, 0.15) is 33.5 Å². The minimum Gasteiger partial charge on any atom is -0.496 e. The number of anilines is 1. The first-order valence-electron chi connectivity index (χ1n) is 13.1. The number of pyridine rings is 1. The number of methoxy groups -OCH3 is 1. The Hall–Kier alpha value is -4.97. The van der Waals surface area contributed by atoms with Crippen LogP contribution in [0.25, 0.3) is 21.9 Å². The van der Waals surface area contributed by atoms with Crippen LogP contribution in [-0.4, -0.2) is 29.1 Å². The lowest BCUT2D eigenvalue weighted by molar-refractivity contribution is -0.118. The second kappa shape index (κ2) is 11.8. The fourth-order valence-electron chi connectivity index (χ4n) is 4.87. The molecule has 0 spiro atoms. The first kappa shape index (κ1) is 26.6. The number of nitrogens with zero attached hydrogens (tertiary/aromatic N) is 2. The van der Waals surface area contributed by atoms with E-state index in [-0.39, 0.29) is 11.5 Å². The molecule has 4 aromatic carbocycles. The van der Waals surface area contributed by atoms with Gasteiger partial charge in [-0.15, -0.1) is 0 Å². The first-order valence-corrected chi connectivity index (χ1v) is 13.1. The highest BCUT2D eigenvalue weighted by Crippen LogP contribution is 2.29. The van der Waals surface area contributed by atoms with Crippen LogP contribution in [-0.2, 0) is 17.8 Å². The molecule has 0 aliphatic carbocycles. The quantitative estimate of drug-likeness (QED) is 0.220. The van der Waals surface area contributed by atoms with Gasteiger partial charge in [0.05, 0.1) is 19.2 Å². The molecule has 40 heavy (non-hydrogen) atoms. The molecule has 0 bridgehead atoms. The molecular weight excluding hydrogens is 500 g/mol. The van der Waals surface area contributed by atoms with Crippen molar-refractivity contribution in [1.29, 1.82) is 0 Å². The summed E-state index contributed by atoms with van der Waals surface area (Å²) in [7, 11) is 1.67. The Labute approximate surface area is 233 Å². The summed E-state index contributed by atoms with van der Waals surface area (Å²) in [6.07, 6.45) is 2.55. The van der Waals surface area contributed by atoms with Crippen LogP contribution in [0.3, 0.4) is 0 Å². The second-order valence-corrected chi connectivity index (χ2v) is 9.72. The number of carbonyl (C=O) groups is 2. The van der Waals surface area contributed by atoms with Gasteiger partial charge in [0.1, 0.15) is 11.6 Å². The van der Waals surface area contributed by atoms with Gasteiger partial charge in [-0.25, -0.2) is 9.78 Å². The van der Waals surface area contributed by atoms with Gasteiger partial charge in [-0.05, 0) is 82.9 Å². The number of carbonyl (C=O) groups excluding carboxylic acids is 1. The highest BCUT2D eigenvalue weighted by atomic mass is 16.5. The van der Waals surface area contributed by atoms with E-state index in [9.17, 15) is 14.7 Å². The molecule has 6 nitrogen and oxygen atoms in total. The molecule has 1 heterocycles. The standard InChI is InChI=1S/C34H30N2O4/c1-23-20-27(14-16-31(23)40-2)26-11-8-25(9-12-26)22-36(32(37)17-10-24-6-4-3-5-7-24)33-30-15-13-29(34(38)39)21-28(30)18-19-35-33/h3-9,11-16,18-21H,10,17,22H2,1-2H3,(H,38,39). The van der Waals surface area contributed by atoms with Crippen molar-refractivity contribution >= 4 is 28.5 Å². The van der Waals surface area contributed by atoms with E-state index in [2.05, 4.69) is 23.2 Å². The van der Waals surface area contributed by atoms with Crippen molar-refractivity contribution in [3.63, 3.8) is 0 Å². The molecule has 1 amide bonds. The number of rotatable bonds is 9. The van der Waals surface area contributed by atoms with Crippen LogP contribution in [0.5, 0.6) is 5.75 Å². The monoisotopic (exact) mass is 530 g/mol. The lowest BCUT2D eigenvalue weighted by Gasteiger charge is -2.24. The molecule has 200 valence electrons. The number of aromatic carboxylic acids is 1. The van der Waals surface area contributed by atoms with Crippen molar-refractivity contribution < 1.29 is 19.4 Å². The molecule has 5 aromatic rings. The fourth-order valence-corrected chi connectivity index (χ4v) is 4.87. The topological polar surface area (TPSA) is 79.7 Å². The molecule has 0 fully saturated rings. The molecule has 0 saturated heterocycles. The Morgan fingerprint density at radius 1 is 0.850 bits per heavy atom. The zero-order valence-electron chi connectivity index (χ0n) is 22.5. The summed E-state index contributed by atoms with van der Waals surface area (Å²) in [5.41, 5.74) is 5.46. The number of hydrogen-bond donors (Lipinski definition) is 1. The van der Waals surface area contributed by atoms with Gasteiger partial charge in [-0.1, -0.05) is 60.7 Å². The van der Waals surface area contributed by atoms with Crippen LogP contribution >= 0.6 is 0 Å². The Morgan fingerprint density at radius 2 is 1.60 bits per heavy atom. The number of carboxylic acids is 1. The third-order valence-electron chi connectivity index (χ3n) is 7.04. The molecule has 0 aliphatic rings. The van der Waals surface area contributed by atoms with Crippen molar-refractivity contribution in [3.05, 3.63) is 126 Å². The Bertz CT molecular complexity index is 1660. The first-order chi connectivity index (χ1) is 19.4. The predicted molar refractivity (Wildman–Crippen MR) is 158 cm³/mol. The summed E-state index contributed by atoms with van der Waals surface area (Å²) >= 11 is 0. The van der Waals surface area contributed by atoms with Gasteiger partial charge in [0.15, 0.2) is 0 Å². The van der Waals surface area contributed by atoms with E-state index in [1.165, 1.54) is 0 Å². The number of aromatic nitrogens is 1. The number of benzene rings is 4. The Kier molecular flexibility index (Phi) is 7.87. The van der Waals surface area contributed by atoms with Crippen LogP contribution in [0, 0.1) is 6.92 Å². The third kappa shape index (κ3) is 5.86. The SMILES string of the molecule is COc1ccc(-c2ccc(CN(C(=O)CCc3ccccc3)c3nccc4cc(C(=O)O)ccc34)cc2)cc1C. The van der Waals surface area contributed by atoms with E-state index in [1.54, 1.807) is 42.5 Å². The van der Waals surface area contributed by atoms with Crippen molar-refractivity contribution in [3.8, 4) is 16.9 Å². The maximum Gasteiger partial charge on any atom is 0.335 e. The summed E-state index contributed by atoms with van der Waals surface area (Å²) in [6, 6.07) is 30.8. The molecule has 0 saturated carbocycles. The third-order valence-corrected chi connectivity index (χ3v) is 7.04. The van der Waals surface area contributed by atoms with Crippen LogP contribution in [0.2, 0.25) is 0 Å². The maximum atomic E-state index is 13.7. The normalized spacial score (nSPS) is 10.8. The molecule has 6 heteroatoms. The average Bonchev–Trinajstić information content (AvgIpc) is 2.99. The molecule has 0 atom stereocenters.